The van der Waals surface area contributed by atoms with E-state index in [4.69, 9.17) is 27.6 Å². The van der Waals surface area contributed by atoms with Crippen molar-refractivity contribution in [2.45, 2.75) is 19.0 Å². The Morgan fingerprint density at radius 2 is 1.91 bits per heavy atom. The molecule has 0 spiro atoms. The number of fused-ring (bicyclic) bond motifs is 1. The molecule has 0 aliphatic carbocycles. The number of amides is 1. The molecular formula is C25H19Cl2N3O4. The highest BCUT2D eigenvalue weighted by atomic mass is 35.5. The molecule has 34 heavy (non-hydrogen) atoms. The molecule has 0 bridgehead atoms. The van der Waals surface area contributed by atoms with E-state index in [-0.39, 0.29) is 16.4 Å². The Morgan fingerprint density at radius 3 is 2.65 bits per heavy atom. The van der Waals surface area contributed by atoms with Crippen molar-refractivity contribution in [1.82, 2.24) is 14.5 Å². The van der Waals surface area contributed by atoms with Crippen molar-refractivity contribution in [3.8, 4) is 0 Å². The topological polar surface area (TPSA) is 88.6 Å². The number of benzene rings is 2. The van der Waals surface area contributed by atoms with E-state index in [9.17, 15) is 14.7 Å². The molecule has 1 aliphatic rings. The lowest BCUT2D eigenvalue weighted by molar-refractivity contribution is -0.129. The van der Waals surface area contributed by atoms with Gasteiger partial charge in [-0.25, -0.2) is 4.98 Å². The van der Waals surface area contributed by atoms with Crippen molar-refractivity contribution in [1.29, 1.82) is 0 Å². The average Bonchev–Trinajstić information content (AvgIpc) is 3.55. The summed E-state index contributed by atoms with van der Waals surface area (Å²) in [6, 6.07) is 12.9. The molecule has 0 saturated heterocycles. The summed E-state index contributed by atoms with van der Waals surface area (Å²) in [5, 5.41) is 12.2. The number of hydrogen-bond acceptors (Lipinski definition) is 5. The van der Waals surface area contributed by atoms with Crippen LogP contribution in [0.3, 0.4) is 0 Å². The number of halogens is 2. The van der Waals surface area contributed by atoms with Gasteiger partial charge in [0, 0.05) is 30.9 Å². The zero-order valence-electron chi connectivity index (χ0n) is 17.8. The largest absolute Gasteiger partial charge is 0.503 e. The second-order valence-electron chi connectivity index (χ2n) is 7.97. The van der Waals surface area contributed by atoms with Crippen LogP contribution in [0.15, 0.2) is 83.0 Å². The lowest BCUT2D eigenvalue weighted by atomic mass is 9.95. The van der Waals surface area contributed by atoms with Gasteiger partial charge in [0.25, 0.3) is 5.91 Å². The molecule has 4 aromatic rings. The van der Waals surface area contributed by atoms with Crippen molar-refractivity contribution in [2.75, 3.05) is 6.54 Å². The molecule has 0 radical (unpaired) electrons. The minimum absolute atomic E-state index is 0.0425. The number of para-hydroxylation sites is 1. The number of nitrogens with zero attached hydrogens (tertiary/aromatic N) is 3. The number of aromatic nitrogens is 2. The van der Waals surface area contributed by atoms with E-state index in [0.29, 0.717) is 35.7 Å². The molecule has 2 aromatic carbocycles. The van der Waals surface area contributed by atoms with Gasteiger partial charge in [-0.2, -0.15) is 0 Å². The van der Waals surface area contributed by atoms with Gasteiger partial charge in [-0.3, -0.25) is 9.59 Å². The van der Waals surface area contributed by atoms with Crippen LogP contribution < -0.4 is 0 Å². The summed E-state index contributed by atoms with van der Waals surface area (Å²) in [4.78, 5) is 32.2. The number of aliphatic hydroxyl groups is 1. The molecule has 1 N–H and O–H groups in total. The molecular weight excluding hydrogens is 477 g/mol. The maximum atomic E-state index is 13.6. The number of carbonyl (C=O) groups is 2. The van der Waals surface area contributed by atoms with Crippen LogP contribution >= 0.6 is 23.2 Å². The summed E-state index contributed by atoms with van der Waals surface area (Å²) in [6.07, 6.45) is 5.78. The van der Waals surface area contributed by atoms with Crippen molar-refractivity contribution in [3.05, 3.63) is 100.0 Å². The minimum atomic E-state index is -0.842. The first-order valence-electron chi connectivity index (χ1n) is 10.6. The molecule has 1 aliphatic heterocycles. The minimum Gasteiger partial charge on any atom is -0.503 e. The number of hydrogen-bond donors (Lipinski definition) is 1. The van der Waals surface area contributed by atoms with Crippen LogP contribution in [0.25, 0.3) is 11.0 Å². The molecule has 2 aromatic heterocycles. The Bertz CT molecular complexity index is 1390. The third-order valence-corrected chi connectivity index (χ3v) is 6.57. The van der Waals surface area contributed by atoms with E-state index in [1.807, 2.05) is 22.9 Å². The summed E-state index contributed by atoms with van der Waals surface area (Å²) in [7, 11) is 0. The number of imidazole rings is 1. The Balaban J connectivity index is 1.52. The van der Waals surface area contributed by atoms with E-state index in [2.05, 4.69) is 4.98 Å². The zero-order valence-corrected chi connectivity index (χ0v) is 19.3. The van der Waals surface area contributed by atoms with Crippen LogP contribution in [-0.4, -0.2) is 37.8 Å². The maximum absolute atomic E-state index is 13.6. The molecule has 172 valence electrons. The molecule has 3 heterocycles. The predicted octanol–water partition coefficient (Wildman–Crippen LogP) is 5.60. The fourth-order valence-electron chi connectivity index (χ4n) is 4.21. The summed E-state index contributed by atoms with van der Waals surface area (Å²) >= 11 is 12.4. The Morgan fingerprint density at radius 1 is 1.09 bits per heavy atom. The standard InChI is InChI=1S/C25H19Cl2N3O4/c26-17-7-6-16(12-18(17)27)22-21(23(31)20-13-15-4-1-2-5-19(15)34-20)24(32)25(33)30(22)10-3-9-29-11-8-28-14-29/h1-2,4-8,11-14,22,32H,3,9-10H2/t22-/m1/s1. The van der Waals surface area contributed by atoms with Crippen molar-refractivity contribution in [2.24, 2.45) is 0 Å². The maximum Gasteiger partial charge on any atom is 0.290 e. The molecule has 1 atom stereocenters. The monoisotopic (exact) mass is 495 g/mol. The van der Waals surface area contributed by atoms with E-state index < -0.39 is 23.5 Å². The fourth-order valence-corrected chi connectivity index (χ4v) is 4.52. The molecule has 0 fully saturated rings. The summed E-state index contributed by atoms with van der Waals surface area (Å²) < 4.78 is 7.63. The Hall–Kier alpha value is -3.55. The first kappa shape index (κ1) is 22.3. The van der Waals surface area contributed by atoms with Gasteiger partial charge in [-0.1, -0.05) is 47.5 Å². The first-order valence-corrected chi connectivity index (χ1v) is 11.4. The highest BCUT2D eigenvalue weighted by Gasteiger charge is 2.44. The predicted molar refractivity (Wildman–Crippen MR) is 128 cm³/mol. The quantitative estimate of drug-likeness (QED) is 0.337. The highest BCUT2D eigenvalue weighted by molar-refractivity contribution is 6.42. The number of furan rings is 1. The molecule has 9 heteroatoms. The van der Waals surface area contributed by atoms with Gasteiger partial charge >= 0.3 is 0 Å². The third-order valence-electron chi connectivity index (χ3n) is 5.83. The average molecular weight is 496 g/mol. The third kappa shape index (κ3) is 3.97. The van der Waals surface area contributed by atoms with Crippen LogP contribution in [0.1, 0.15) is 28.6 Å². The molecule has 0 unspecified atom stereocenters. The van der Waals surface area contributed by atoms with E-state index in [0.717, 1.165) is 5.39 Å². The van der Waals surface area contributed by atoms with E-state index in [1.165, 1.54) is 4.90 Å². The van der Waals surface area contributed by atoms with Crippen LogP contribution in [-0.2, 0) is 11.3 Å². The second kappa shape index (κ2) is 9.00. The van der Waals surface area contributed by atoms with Gasteiger partial charge in [-0.05, 0) is 36.2 Å². The Kier molecular flexibility index (Phi) is 5.89. The number of carbonyl (C=O) groups excluding carboxylic acids is 2. The van der Waals surface area contributed by atoms with Crippen LogP contribution in [0.5, 0.6) is 0 Å². The number of rotatable bonds is 7. The van der Waals surface area contributed by atoms with Crippen LogP contribution in [0.2, 0.25) is 10.0 Å². The molecule has 5 rings (SSSR count). The first-order chi connectivity index (χ1) is 16.4. The number of ketones is 1. The fraction of sp³-hybridized carbons (Fsp3) is 0.160. The van der Waals surface area contributed by atoms with Gasteiger partial charge in [0.05, 0.1) is 28.0 Å². The lowest BCUT2D eigenvalue weighted by Gasteiger charge is -2.27. The number of aryl methyl sites for hydroxylation is 1. The van der Waals surface area contributed by atoms with Crippen molar-refractivity contribution in [3.63, 3.8) is 0 Å². The highest BCUT2D eigenvalue weighted by Crippen LogP contribution is 2.41. The van der Waals surface area contributed by atoms with Crippen LogP contribution in [0, 0.1) is 0 Å². The smallest absolute Gasteiger partial charge is 0.290 e. The van der Waals surface area contributed by atoms with Crippen molar-refractivity contribution < 1.29 is 19.1 Å². The SMILES string of the molecule is O=C(C1=C(O)C(=O)N(CCCn2ccnc2)[C@@H]1c1ccc(Cl)c(Cl)c1)c1cc2ccccc2o1. The summed E-state index contributed by atoms with van der Waals surface area (Å²) in [6.45, 7) is 0.911. The van der Waals surface area contributed by atoms with E-state index >= 15 is 0 Å². The second-order valence-corrected chi connectivity index (χ2v) is 8.78. The van der Waals surface area contributed by atoms with Crippen molar-refractivity contribution >= 4 is 45.9 Å². The van der Waals surface area contributed by atoms with Gasteiger partial charge in [0.1, 0.15) is 5.58 Å². The summed E-state index contributed by atoms with van der Waals surface area (Å²) in [5.41, 5.74) is 1.05. The van der Waals surface area contributed by atoms with Gasteiger partial charge in [0.2, 0.25) is 5.78 Å². The molecule has 0 saturated carbocycles. The number of Topliss-reactive ketones (excluding diaryl/α,β-unsaturated/α-hetero) is 1. The molecule has 7 nitrogen and oxygen atoms in total. The number of aliphatic hydroxyl groups excluding tert-OH is 1. The van der Waals surface area contributed by atoms with Gasteiger partial charge < -0.3 is 19.0 Å². The van der Waals surface area contributed by atoms with Gasteiger partial charge in [0.15, 0.2) is 11.5 Å². The van der Waals surface area contributed by atoms with Crippen LogP contribution in [0.4, 0.5) is 0 Å². The zero-order chi connectivity index (χ0) is 23.8. The summed E-state index contributed by atoms with van der Waals surface area (Å²) in [5.74, 6) is -1.73. The van der Waals surface area contributed by atoms with E-state index in [1.54, 1.807) is 48.9 Å². The Labute approximate surface area is 204 Å². The molecule has 1 amide bonds. The normalized spacial score (nSPS) is 16.1. The van der Waals surface area contributed by atoms with Gasteiger partial charge in [-0.15, -0.1) is 0 Å². The lowest BCUT2D eigenvalue weighted by Crippen LogP contribution is -2.32.